The Morgan fingerprint density at radius 1 is 1.35 bits per heavy atom. The van der Waals surface area contributed by atoms with Gasteiger partial charge < -0.3 is 20.1 Å². The first kappa shape index (κ1) is 14.8. The van der Waals surface area contributed by atoms with E-state index in [0.717, 1.165) is 16.0 Å². The van der Waals surface area contributed by atoms with Crippen LogP contribution in [-0.4, -0.2) is 37.7 Å². The normalized spacial score (nSPS) is 12.8. The molecule has 1 aromatic heterocycles. The molecule has 2 heterocycles. The number of hydrogen-bond donors (Lipinski definition) is 2. The lowest BCUT2D eigenvalue weighted by Gasteiger charge is -2.17. The summed E-state index contributed by atoms with van der Waals surface area (Å²) >= 11 is 1.42. The second-order valence-electron chi connectivity index (χ2n) is 4.06. The van der Waals surface area contributed by atoms with Gasteiger partial charge in [0.25, 0.3) is 0 Å². The molecule has 0 saturated heterocycles. The zero-order chi connectivity index (χ0) is 13.2. The van der Waals surface area contributed by atoms with Crippen molar-refractivity contribution in [3.05, 3.63) is 12.1 Å². The zero-order valence-electron chi connectivity index (χ0n) is 10.8. The fourth-order valence-corrected chi connectivity index (χ4v) is 2.73. The molecule has 0 saturated carbocycles. The molecular weight excluding hydrogens is 302 g/mol. The van der Waals surface area contributed by atoms with Crippen molar-refractivity contribution in [3.8, 4) is 11.5 Å². The van der Waals surface area contributed by atoms with E-state index in [0.29, 0.717) is 24.1 Å². The average molecular weight is 316 g/mol. The first-order chi connectivity index (χ1) is 9.26. The number of carbonyl (C=O) groups excluding carboxylic acids is 1. The molecule has 108 valence electrons. The lowest BCUT2D eigenvalue weighted by atomic mass is 10.3. The van der Waals surface area contributed by atoms with Gasteiger partial charge in [-0.25, -0.2) is 4.98 Å². The van der Waals surface area contributed by atoms with Crippen molar-refractivity contribution in [2.75, 3.05) is 32.1 Å². The molecule has 3 rings (SSSR count). The maximum atomic E-state index is 11.5. The Morgan fingerprint density at radius 2 is 2.05 bits per heavy atom. The molecule has 2 N–H and O–H groups in total. The molecule has 0 radical (unpaired) electrons. The summed E-state index contributed by atoms with van der Waals surface area (Å²) in [6.07, 6.45) is 0. The number of amides is 1. The van der Waals surface area contributed by atoms with Crippen molar-refractivity contribution in [1.82, 2.24) is 10.3 Å². The summed E-state index contributed by atoms with van der Waals surface area (Å²) in [5, 5.41) is 6.12. The van der Waals surface area contributed by atoms with Crippen LogP contribution in [-0.2, 0) is 4.79 Å². The Bertz CT molecular complexity index is 589. The van der Waals surface area contributed by atoms with Crippen LogP contribution < -0.4 is 20.1 Å². The maximum Gasteiger partial charge on any atom is 0.240 e. The van der Waals surface area contributed by atoms with Crippen LogP contribution in [0.1, 0.15) is 0 Å². The summed E-state index contributed by atoms with van der Waals surface area (Å²) < 4.78 is 12.0. The number of hydrogen-bond acceptors (Lipinski definition) is 6. The fraction of sp³-hybridized carbons (Fsp3) is 0.333. The number of thiazole rings is 1. The van der Waals surface area contributed by atoms with E-state index < -0.39 is 0 Å². The number of halogens is 1. The average Bonchev–Trinajstić information content (AvgIpc) is 2.77. The Labute approximate surface area is 125 Å². The standard InChI is InChI=1S/C12H13N3O3S.ClH/c1-13-6-11(16)15-12-14-7-4-8-9(5-10(7)19-12)18-3-2-17-8;/h4-5,13H,2-3,6H2,1H3,(H,14,15,16);1H. The van der Waals surface area contributed by atoms with Crippen LogP contribution in [0.4, 0.5) is 5.13 Å². The number of nitrogens with one attached hydrogen (secondary N) is 2. The van der Waals surface area contributed by atoms with Crippen LogP contribution in [0, 0.1) is 0 Å². The zero-order valence-corrected chi connectivity index (χ0v) is 12.4. The number of anilines is 1. The van der Waals surface area contributed by atoms with Gasteiger partial charge in [0.1, 0.15) is 13.2 Å². The number of carbonyl (C=O) groups is 1. The van der Waals surface area contributed by atoms with Gasteiger partial charge in [-0.15, -0.1) is 12.4 Å². The van der Waals surface area contributed by atoms with Gasteiger partial charge in [-0.1, -0.05) is 11.3 Å². The molecule has 1 aromatic carbocycles. The minimum atomic E-state index is -0.112. The number of rotatable bonds is 3. The summed E-state index contributed by atoms with van der Waals surface area (Å²) in [4.78, 5) is 15.9. The second kappa shape index (κ2) is 6.25. The highest BCUT2D eigenvalue weighted by Crippen LogP contribution is 2.37. The number of likely N-dealkylation sites (N-methyl/N-ethyl adjacent to an activating group) is 1. The van der Waals surface area contributed by atoms with Crippen LogP contribution in [0.5, 0.6) is 11.5 Å². The van der Waals surface area contributed by atoms with Crippen molar-refractivity contribution in [2.24, 2.45) is 0 Å². The monoisotopic (exact) mass is 315 g/mol. The smallest absolute Gasteiger partial charge is 0.240 e. The van der Waals surface area contributed by atoms with Crippen molar-refractivity contribution in [3.63, 3.8) is 0 Å². The highest BCUT2D eigenvalue weighted by atomic mass is 35.5. The van der Waals surface area contributed by atoms with Crippen molar-refractivity contribution >= 4 is 45.0 Å². The van der Waals surface area contributed by atoms with Gasteiger partial charge in [0, 0.05) is 12.1 Å². The number of nitrogens with zero attached hydrogens (tertiary/aromatic N) is 1. The molecule has 2 aromatic rings. The number of fused-ring (bicyclic) bond motifs is 2. The second-order valence-corrected chi connectivity index (χ2v) is 5.09. The van der Waals surface area contributed by atoms with E-state index in [9.17, 15) is 4.79 Å². The topological polar surface area (TPSA) is 72.5 Å². The first-order valence-corrected chi connectivity index (χ1v) is 6.72. The van der Waals surface area contributed by atoms with Crippen molar-refractivity contribution in [1.29, 1.82) is 0 Å². The minimum absolute atomic E-state index is 0. The van der Waals surface area contributed by atoms with E-state index in [4.69, 9.17) is 9.47 Å². The fourth-order valence-electron chi connectivity index (χ4n) is 1.84. The SMILES string of the molecule is CNCC(=O)Nc1nc2cc3c(cc2s1)OCCO3.Cl. The molecule has 8 heteroatoms. The molecule has 0 bridgehead atoms. The number of aromatic nitrogens is 1. The maximum absolute atomic E-state index is 11.5. The molecule has 0 fully saturated rings. The predicted molar refractivity (Wildman–Crippen MR) is 80.4 cm³/mol. The summed E-state index contributed by atoms with van der Waals surface area (Å²) in [5.41, 5.74) is 0.800. The third-order valence-electron chi connectivity index (χ3n) is 2.64. The van der Waals surface area contributed by atoms with Gasteiger partial charge in [-0.05, 0) is 7.05 Å². The van der Waals surface area contributed by atoms with E-state index in [1.54, 1.807) is 7.05 Å². The van der Waals surface area contributed by atoms with Gasteiger partial charge >= 0.3 is 0 Å². The Balaban J connectivity index is 0.00000147. The molecule has 1 aliphatic heterocycles. The molecule has 0 unspecified atom stereocenters. The molecule has 0 aliphatic carbocycles. The van der Waals surface area contributed by atoms with Gasteiger partial charge in [0.05, 0.1) is 16.8 Å². The summed E-state index contributed by atoms with van der Waals surface area (Å²) in [6.45, 7) is 1.37. The van der Waals surface area contributed by atoms with E-state index in [1.807, 2.05) is 12.1 Å². The first-order valence-electron chi connectivity index (χ1n) is 5.91. The van der Waals surface area contributed by atoms with Crippen LogP contribution >= 0.6 is 23.7 Å². The molecule has 20 heavy (non-hydrogen) atoms. The summed E-state index contributed by atoms with van der Waals surface area (Å²) in [6, 6.07) is 3.74. The van der Waals surface area contributed by atoms with Gasteiger partial charge in [0.2, 0.25) is 5.91 Å². The van der Waals surface area contributed by atoms with E-state index in [2.05, 4.69) is 15.6 Å². The molecule has 0 spiro atoms. The quantitative estimate of drug-likeness (QED) is 0.901. The lowest BCUT2D eigenvalue weighted by Crippen LogP contribution is -2.24. The Kier molecular flexibility index (Phi) is 4.64. The molecule has 6 nitrogen and oxygen atoms in total. The Hall–Kier alpha value is -1.57. The highest BCUT2D eigenvalue weighted by Gasteiger charge is 2.15. The molecular formula is C12H14ClN3O3S. The number of benzene rings is 1. The van der Waals surface area contributed by atoms with Gasteiger partial charge in [-0.3, -0.25) is 4.79 Å². The third kappa shape index (κ3) is 2.95. The third-order valence-corrected chi connectivity index (χ3v) is 3.57. The number of ether oxygens (including phenoxy) is 2. The van der Waals surface area contributed by atoms with Gasteiger partial charge in [-0.2, -0.15) is 0 Å². The van der Waals surface area contributed by atoms with Gasteiger partial charge in [0.15, 0.2) is 16.6 Å². The lowest BCUT2D eigenvalue weighted by molar-refractivity contribution is -0.115. The molecule has 0 atom stereocenters. The highest BCUT2D eigenvalue weighted by molar-refractivity contribution is 7.22. The van der Waals surface area contributed by atoms with Crippen LogP contribution in [0.25, 0.3) is 10.2 Å². The Morgan fingerprint density at radius 3 is 2.75 bits per heavy atom. The minimum Gasteiger partial charge on any atom is -0.486 e. The van der Waals surface area contributed by atoms with E-state index in [-0.39, 0.29) is 24.9 Å². The molecule has 1 aliphatic rings. The largest absolute Gasteiger partial charge is 0.486 e. The summed E-state index contributed by atoms with van der Waals surface area (Å²) in [7, 11) is 1.72. The van der Waals surface area contributed by atoms with Crippen LogP contribution in [0.15, 0.2) is 12.1 Å². The van der Waals surface area contributed by atoms with E-state index >= 15 is 0 Å². The van der Waals surface area contributed by atoms with Crippen LogP contribution in [0.2, 0.25) is 0 Å². The molecule has 1 amide bonds. The summed E-state index contributed by atoms with van der Waals surface area (Å²) in [5.74, 6) is 1.33. The van der Waals surface area contributed by atoms with Crippen molar-refractivity contribution < 1.29 is 14.3 Å². The van der Waals surface area contributed by atoms with E-state index in [1.165, 1.54) is 11.3 Å². The van der Waals surface area contributed by atoms with Crippen LogP contribution in [0.3, 0.4) is 0 Å². The predicted octanol–water partition coefficient (Wildman–Crippen LogP) is 1.65. The van der Waals surface area contributed by atoms with Crippen molar-refractivity contribution in [2.45, 2.75) is 0 Å².